The van der Waals surface area contributed by atoms with E-state index in [2.05, 4.69) is 20.8 Å². The molecule has 0 atom stereocenters. The predicted octanol–water partition coefficient (Wildman–Crippen LogP) is 5.42. The fourth-order valence-corrected chi connectivity index (χ4v) is 2.24. The monoisotopic (exact) mass is 241 g/mol. The van der Waals surface area contributed by atoms with Crippen molar-refractivity contribution in [2.45, 2.75) is 103 Å². The summed E-state index contributed by atoms with van der Waals surface area (Å²) in [5, 5.41) is 0. The van der Waals surface area contributed by atoms with Gasteiger partial charge in [0.2, 0.25) is 0 Å². The fourth-order valence-electron chi connectivity index (χ4n) is 2.24. The molecule has 0 aliphatic heterocycles. The van der Waals surface area contributed by atoms with Crippen molar-refractivity contribution in [3.8, 4) is 0 Å². The van der Waals surface area contributed by atoms with Crippen molar-refractivity contribution >= 4 is 0 Å². The molecule has 0 amide bonds. The molecule has 1 heteroatoms. The van der Waals surface area contributed by atoms with Crippen LogP contribution in [0.25, 0.3) is 0 Å². The highest BCUT2D eigenvalue weighted by molar-refractivity contribution is 4.70. The molecule has 17 heavy (non-hydrogen) atoms. The molecular weight excluding hydrogens is 206 g/mol. The minimum absolute atomic E-state index is 0.0410. The van der Waals surface area contributed by atoms with Gasteiger partial charge in [0.05, 0.1) is 0 Å². The Hall–Kier alpha value is -0.0400. The van der Waals surface area contributed by atoms with Crippen LogP contribution in [0.1, 0.15) is 97.8 Å². The third-order valence-corrected chi connectivity index (χ3v) is 3.42. The minimum Gasteiger partial charge on any atom is -0.326 e. The smallest absolute Gasteiger partial charge is 0.00970 e. The number of nitrogens with two attached hydrogens (primary N) is 1. The molecule has 1 nitrogen and oxygen atoms in total. The second kappa shape index (κ2) is 11.1. The molecule has 0 aliphatic rings. The van der Waals surface area contributed by atoms with Crippen molar-refractivity contribution in [2.24, 2.45) is 5.73 Å². The maximum absolute atomic E-state index is 5.96. The molecule has 0 bridgehead atoms. The van der Waals surface area contributed by atoms with E-state index >= 15 is 0 Å². The highest BCUT2D eigenvalue weighted by atomic mass is 14.7. The highest BCUT2D eigenvalue weighted by Gasteiger charge is 2.08. The molecule has 0 saturated heterocycles. The Bertz CT molecular complexity index is 146. The fraction of sp³-hybridized carbons (Fsp3) is 1.00. The second-order valence-electron chi connectivity index (χ2n) is 6.27. The largest absolute Gasteiger partial charge is 0.326 e. The number of hydrogen-bond donors (Lipinski definition) is 1. The summed E-state index contributed by atoms with van der Waals surface area (Å²) in [6.07, 6.45) is 16.7. The number of rotatable bonds is 12. The van der Waals surface area contributed by atoms with Crippen molar-refractivity contribution in [3.63, 3.8) is 0 Å². The van der Waals surface area contributed by atoms with E-state index in [1.165, 1.54) is 77.0 Å². The Morgan fingerprint density at radius 1 is 0.647 bits per heavy atom. The Kier molecular flexibility index (Phi) is 11.0. The second-order valence-corrected chi connectivity index (χ2v) is 6.27. The van der Waals surface area contributed by atoms with Gasteiger partial charge in [-0.05, 0) is 20.3 Å². The number of hydrogen-bond acceptors (Lipinski definition) is 1. The average Bonchev–Trinajstić information content (AvgIpc) is 2.24. The van der Waals surface area contributed by atoms with Crippen LogP contribution < -0.4 is 5.73 Å². The van der Waals surface area contributed by atoms with Gasteiger partial charge in [-0.1, -0.05) is 77.6 Å². The Morgan fingerprint density at radius 2 is 1.00 bits per heavy atom. The van der Waals surface area contributed by atoms with Crippen molar-refractivity contribution in [2.75, 3.05) is 0 Å². The van der Waals surface area contributed by atoms with Crippen LogP contribution in [0.4, 0.5) is 0 Å². The maximum atomic E-state index is 5.96. The van der Waals surface area contributed by atoms with Crippen LogP contribution in [-0.2, 0) is 0 Å². The standard InChI is InChI=1S/C16H35N/c1-4-5-6-7-8-9-10-11-12-13-14-15-16(2,3)17/h4-15,17H2,1-3H3. The van der Waals surface area contributed by atoms with Crippen molar-refractivity contribution in [1.29, 1.82) is 0 Å². The third kappa shape index (κ3) is 16.0. The van der Waals surface area contributed by atoms with Crippen LogP contribution in [0.15, 0.2) is 0 Å². The van der Waals surface area contributed by atoms with Crippen LogP contribution in [0.2, 0.25) is 0 Å². The zero-order valence-corrected chi connectivity index (χ0v) is 12.6. The Morgan fingerprint density at radius 3 is 1.35 bits per heavy atom. The average molecular weight is 241 g/mol. The molecule has 104 valence electrons. The first-order chi connectivity index (χ1) is 8.06. The first-order valence-corrected chi connectivity index (χ1v) is 7.85. The van der Waals surface area contributed by atoms with Gasteiger partial charge in [0.15, 0.2) is 0 Å². The molecule has 2 N–H and O–H groups in total. The van der Waals surface area contributed by atoms with Crippen molar-refractivity contribution in [3.05, 3.63) is 0 Å². The molecule has 0 heterocycles. The quantitative estimate of drug-likeness (QED) is 0.453. The predicted molar refractivity (Wildman–Crippen MR) is 79.3 cm³/mol. The minimum atomic E-state index is 0.0410. The first kappa shape index (κ1) is 17.0. The van der Waals surface area contributed by atoms with Gasteiger partial charge in [-0.25, -0.2) is 0 Å². The summed E-state index contributed by atoms with van der Waals surface area (Å²) in [6.45, 7) is 6.54. The molecule has 0 spiro atoms. The normalized spacial score (nSPS) is 12.0. The summed E-state index contributed by atoms with van der Waals surface area (Å²) in [4.78, 5) is 0. The van der Waals surface area contributed by atoms with E-state index in [-0.39, 0.29) is 5.54 Å². The lowest BCUT2D eigenvalue weighted by Gasteiger charge is -2.17. The van der Waals surface area contributed by atoms with E-state index in [9.17, 15) is 0 Å². The zero-order valence-electron chi connectivity index (χ0n) is 12.6. The Balaban J connectivity index is 2.99. The van der Waals surface area contributed by atoms with Gasteiger partial charge in [-0.2, -0.15) is 0 Å². The van der Waals surface area contributed by atoms with E-state index in [0.717, 1.165) is 0 Å². The van der Waals surface area contributed by atoms with Crippen LogP contribution >= 0.6 is 0 Å². The van der Waals surface area contributed by atoms with Gasteiger partial charge in [0.25, 0.3) is 0 Å². The van der Waals surface area contributed by atoms with Crippen LogP contribution in [0.5, 0.6) is 0 Å². The van der Waals surface area contributed by atoms with E-state index in [0.29, 0.717) is 0 Å². The molecule has 0 saturated carbocycles. The lowest BCUT2D eigenvalue weighted by molar-refractivity contribution is 0.440. The summed E-state index contributed by atoms with van der Waals surface area (Å²) >= 11 is 0. The summed E-state index contributed by atoms with van der Waals surface area (Å²) in [7, 11) is 0. The summed E-state index contributed by atoms with van der Waals surface area (Å²) in [6, 6.07) is 0. The van der Waals surface area contributed by atoms with Gasteiger partial charge >= 0.3 is 0 Å². The van der Waals surface area contributed by atoms with E-state index in [1.54, 1.807) is 0 Å². The molecule has 0 unspecified atom stereocenters. The van der Waals surface area contributed by atoms with Gasteiger partial charge < -0.3 is 5.73 Å². The summed E-state index contributed by atoms with van der Waals surface area (Å²) in [5.74, 6) is 0. The molecule has 0 aliphatic carbocycles. The van der Waals surface area contributed by atoms with E-state index < -0.39 is 0 Å². The lowest BCUT2D eigenvalue weighted by atomic mass is 9.97. The molecule has 0 aromatic carbocycles. The van der Waals surface area contributed by atoms with Gasteiger partial charge in [0, 0.05) is 5.54 Å². The molecular formula is C16H35N. The third-order valence-electron chi connectivity index (χ3n) is 3.42. The number of unbranched alkanes of at least 4 members (excludes halogenated alkanes) is 10. The van der Waals surface area contributed by atoms with Crippen LogP contribution in [-0.4, -0.2) is 5.54 Å². The van der Waals surface area contributed by atoms with Gasteiger partial charge in [0.1, 0.15) is 0 Å². The maximum Gasteiger partial charge on any atom is 0.00970 e. The van der Waals surface area contributed by atoms with E-state index in [4.69, 9.17) is 5.73 Å². The molecule has 0 aromatic rings. The van der Waals surface area contributed by atoms with Crippen LogP contribution in [0, 0.1) is 0 Å². The molecule has 0 rings (SSSR count). The summed E-state index contributed by atoms with van der Waals surface area (Å²) < 4.78 is 0. The first-order valence-electron chi connectivity index (χ1n) is 7.85. The van der Waals surface area contributed by atoms with Crippen molar-refractivity contribution < 1.29 is 0 Å². The SMILES string of the molecule is CCCCCCCCCCCCCC(C)(C)N. The zero-order chi connectivity index (χ0) is 13.0. The molecule has 0 aromatic heterocycles. The van der Waals surface area contributed by atoms with Gasteiger partial charge in [-0.3, -0.25) is 0 Å². The van der Waals surface area contributed by atoms with Crippen LogP contribution in [0.3, 0.4) is 0 Å². The molecule has 0 radical (unpaired) electrons. The van der Waals surface area contributed by atoms with Crippen molar-refractivity contribution in [1.82, 2.24) is 0 Å². The topological polar surface area (TPSA) is 26.0 Å². The van der Waals surface area contributed by atoms with Gasteiger partial charge in [-0.15, -0.1) is 0 Å². The lowest BCUT2D eigenvalue weighted by Crippen LogP contribution is -2.31. The van der Waals surface area contributed by atoms with E-state index in [1.807, 2.05) is 0 Å². The molecule has 0 fully saturated rings. The Labute approximate surface area is 110 Å². The highest BCUT2D eigenvalue weighted by Crippen LogP contribution is 2.14. The summed E-state index contributed by atoms with van der Waals surface area (Å²) in [5.41, 5.74) is 6.00.